The third kappa shape index (κ3) is 22.8. The molecule has 6 aliphatic heterocycles. The highest BCUT2D eigenvalue weighted by Gasteiger charge is 2.38. The van der Waals surface area contributed by atoms with E-state index in [1.807, 2.05) is 42.7 Å². The van der Waals surface area contributed by atoms with Crippen molar-refractivity contribution in [3.8, 4) is 34.5 Å². The van der Waals surface area contributed by atoms with Crippen LogP contribution in [0.3, 0.4) is 0 Å². The zero-order chi connectivity index (χ0) is 76.3. The van der Waals surface area contributed by atoms with Gasteiger partial charge in [-0.25, -0.2) is 0 Å². The fraction of sp³-hybridized carbons (Fsp3) is 0.500. The number of thiol groups is 1. The van der Waals surface area contributed by atoms with Gasteiger partial charge in [0.25, 0.3) is 11.8 Å². The van der Waals surface area contributed by atoms with Gasteiger partial charge in [0.15, 0.2) is 34.5 Å². The summed E-state index contributed by atoms with van der Waals surface area (Å²) < 4.78 is 78.9. The second kappa shape index (κ2) is 41.2. The number of anilines is 1. The molecule has 32 heteroatoms. The van der Waals surface area contributed by atoms with Crippen molar-refractivity contribution in [2.75, 3.05) is 158 Å². The van der Waals surface area contributed by atoms with Crippen molar-refractivity contribution in [1.29, 1.82) is 0 Å². The van der Waals surface area contributed by atoms with Crippen LogP contribution in [0.25, 0.3) is 11.1 Å². The van der Waals surface area contributed by atoms with E-state index < -0.39 is 29.1 Å². The Morgan fingerprint density at radius 3 is 1.53 bits per heavy atom. The number of benzene rings is 4. The average molecular weight is 1520 g/mol. The maximum atomic E-state index is 14.2. The summed E-state index contributed by atoms with van der Waals surface area (Å²) in [5.74, 6) is -0.137. The zero-order valence-corrected chi connectivity index (χ0v) is 62.3. The van der Waals surface area contributed by atoms with E-state index in [1.54, 1.807) is 79.4 Å². The van der Waals surface area contributed by atoms with Gasteiger partial charge in [0, 0.05) is 94.3 Å². The predicted octanol–water partition coefficient (Wildman–Crippen LogP) is 5.89. The fourth-order valence-electron chi connectivity index (χ4n) is 12.1. The van der Waals surface area contributed by atoms with Gasteiger partial charge < -0.3 is 97.4 Å². The first-order valence-electron chi connectivity index (χ1n) is 36.1. The molecule has 6 aliphatic rings. The molecule has 2 unspecified atom stereocenters. The van der Waals surface area contributed by atoms with Crippen LogP contribution in [0.15, 0.2) is 89.1 Å². The second-order valence-corrected chi connectivity index (χ2v) is 26.6. The number of amides is 8. The Morgan fingerprint density at radius 1 is 0.537 bits per heavy atom. The van der Waals surface area contributed by atoms with Crippen molar-refractivity contribution >= 4 is 101 Å². The standard InChI is InChI=1S/C76H95N9O22S/c1-48(2)71(82-69(87)14-19-96-21-23-98-25-27-100-29-31-102-33-34-103-32-30-101-28-26-99-24-22-97-20-15-77-68(86)13-16-83-70(88)42-67(108)76(83)93)73(90)80-49(3)72(89)81-54-10-7-50(8-11-54)52-35-55-43-78-59-40-65(62(94-4)38-57(59)74(91)84(55)45-52)104-17-6-18-105-66-41-60-58(39-63(66)95-5)75(92)85-46-53(36-56(85)44-79-60)51-9-12-61-64(37-51)107-47-106-61/h7-12,37-41,43-46,48-49,55-56,67,71,108H,6,13-36,42,47H2,1-5H3,(H,77,86)(H,80,90)(H,81,89)(H,82,87)/t49-,55-,56-,67?,71?/m0/s1. The lowest BCUT2D eigenvalue weighted by molar-refractivity contribution is -0.138. The number of hydrogen-bond donors (Lipinski definition) is 5. The number of carbonyl (C=O) groups is 8. The minimum absolute atomic E-state index is 0.0100. The van der Waals surface area contributed by atoms with Crippen LogP contribution in [0.2, 0.25) is 0 Å². The molecule has 0 bridgehead atoms. The summed E-state index contributed by atoms with van der Waals surface area (Å²) in [4.78, 5) is 117. The van der Waals surface area contributed by atoms with E-state index in [4.69, 9.17) is 76.3 Å². The SMILES string of the molecule is COc1cc2c(cc1OCCCOc1cc3c(cc1OC)C(=O)N1C=C(c4ccc5c(c4)OCO5)C[C@H]1C=N3)N=C[C@@H]1CC(c3ccc(NC(=O)[C@H](C)NC(=O)C(NC(=O)CCOCCOCCOCCOCCOCCOCCOCCOCCNC(=O)CCN4C(=O)CC(S)C4=O)C(C)C)cc3)=CN1C2=O. The van der Waals surface area contributed by atoms with E-state index in [2.05, 4.69) is 33.9 Å². The van der Waals surface area contributed by atoms with Crippen molar-refractivity contribution in [3.63, 3.8) is 0 Å². The number of fused-ring (bicyclic) bond motifs is 5. The van der Waals surface area contributed by atoms with E-state index in [-0.39, 0.29) is 112 Å². The van der Waals surface area contributed by atoms with Crippen molar-refractivity contribution in [3.05, 3.63) is 101 Å². The van der Waals surface area contributed by atoms with Crippen LogP contribution in [-0.2, 0) is 66.7 Å². The lowest BCUT2D eigenvalue weighted by Crippen LogP contribution is -2.53. The molecule has 582 valence electrons. The van der Waals surface area contributed by atoms with Gasteiger partial charge in [0.1, 0.15) is 12.1 Å². The smallest absolute Gasteiger partial charge is 0.260 e. The Morgan fingerprint density at radius 2 is 1.03 bits per heavy atom. The molecule has 4 N–H and O–H groups in total. The molecule has 0 spiro atoms. The maximum Gasteiger partial charge on any atom is 0.260 e. The number of nitrogens with one attached hydrogen (secondary N) is 4. The van der Waals surface area contributed by atoms with Crippen LogP contribution in [0.4, 0.5) is 17.1 Å². The van der Waals surface area contributed by atoms with Gasteiger partial charge in [-0.05, 0) is 71.5 Å². The van der Waals surface area contributed by atoms with Gasteiger partial charge in [-0.1, -0.05) is 32.0 Å². The average Bonchev–Trinajstić information content (AvgIpc) is 1.64. The van der Waals surface area contributed by atoms with E-state index in [0.717, 1.165) is 27.2 Å². The number of carbonyl (C=O) groups excluding carboxylic acids is 8. The van der Waals surface area contributed by atoms with Gasteiger partial charge in [0.2, 0.25) is 42.2 Å². The van der Waals surface area contributed by atoms with Gasteiger partial charge in [-0.2, -0.15) is 12.6 Å². The van der Waals surface area contributed by atoms with Gasteiger partial charge >= 0.3 is 0 Å². The number of nitrogens with zero attached hydrogens (tertiary/aromatic N) is 5. The molecule has 0 radical (unpaired) electrons. The highest BCUT2D eigenvalue weighted by molar-refractivity contribution is 7.81. The number of ether oxygens (including phenoxy) is 14. The first-order valence-corrected chi connectivity index (χ1v) is 36.6. The largest absolute Gasteiger partial charge is 0.493 e. The third-order valence-corrected chi connectivity index (χ3v) is 18.3. The molecule has 4 aromatic rings. The highest BCUT2D eigenvalue weighted by Crippen LogP contribution is 2.43. The van der Waals surface area contributed by atoms with Crippen molar-refractivity contribution < 1.29 is 105 Å². The highest BCUT2D eigenvalue weighted by atomic mass is 32.1. The zero-order valence-electron chi connectivity index (χ0n) is 61.4. The number of methoxy groups -OCH3 is 2. The Hall–Kier alpha value is -9.51. The molecule has 1 fully saturated rings. The molecule has 10 rings (SSSR count). The molecule has 6 heterocycles. The minimum Gasteiger partial charge on any atom is -0.493 e. The van der Waals surface area contributed by atoms with Crippen LogP contribution in [0.5, 0.6) is 34.5 Å². The van der Waals surface area contributed by atoms with E-state index in [9.17, 15) is 38.4 Å². The number of aliphatic imine (C=N–C) groups is 2. The normalized spacial score (nSPS) is 17.3. The van der Waals surface area contributed by atoms with Gasteiger partial charge in [-0.3, -0.25) is 53.2 Å². The topological polar surface area (TPSA) is 348 Å². The summed E-state index contributed by atoms with van der Waals surface area (Å²) in [5, 5.41) is 10.4. The first kappa shape index (κ1) is 81.0. The number of likely N-dealkylation sites (tertiary alicyclic amines) is 1. The first-order chi connectivity index (χ1) is 52.5. The second-order valence-electron chi connectivity index (χ2n) is 25.9. The number of rotatable bonds is 46. The fourth-order valence-corrected chi connectivity index (χ4v) is 12.4. The number of hydrogen-bond acceptors (Lipinski definition) is 25. The molecule has 1 saturated heterocycles. The van der Waals surface area contributed by atoms with Crippen molar-refractivity contribution in [2.24, 2.45) is 15.9 Å². The Bertz CT molecular complexity index is 3930. The third-order valence-electron chi connectivity index (χ3n) is 17.9. The quantitative estimate of drug-likeness (QED) is 0.0195. The summed E-state index contributed by atoms with van der Waals surface area (Å²) in [6, 6.07) is 17.1. The molecule has 0 aliphatic carbocycles. The van der Waals surface area contributed by atoms with Gasteiger partial charge in [-0.15, -0.1) is 0 Å². The molecular formula is C76H95N9O22S. The molecule has 4 aromatic carbocycles. The summed E-state index contributed by atoms with van der Waals surface area (Å²) in [7, 11) is 3.02. The molecule has 0 aromatic heterocycles. The Labute approximate surface area is 631 Å². The van der Waals surface area contributed by atoms with Crippen molar-refractivity contribution in [1.82, 2.24) is 30.7 Å². The molecule has 0 saturated carbocycles. The van der Waals surface area contributed by atoms with Crippen molar-refractivity contribution in [2.45, 2.75) is 88.7 Å². The van der Waals surface area contributed by atoms with E-state index in [0.29, 0.717) is 181 Å². The molecule has 31 nitrogen and oxygen atoms in total. The van der Waals surface area contributed by atoms with Gasteiger partial charge in [0.05, 0.1) is 173 Å². The summed E-state index contributed by atoms with van der Waals surface area (Å²) in [5.41, 5.74) is 5.76. The lowest BCUT2D eigenvalue weighted by atomic mass is 10.0. The van der Waals surface area contributed by atoms with Crippen LogP contribution in [0.1, 0.15) is 91.1 Å². The monoisotopic (exact) mass is 1520 g/mol. The molecule has 5 atom stereocenters. The summed E-state index contributed by atoms with van der Waals surface area (Å²) in [6.45, 7) is 11.7. The van der Waals surface area contributed by atoms with E-state index >= 15 is 0 Å². The summed E-state index contributed by atoms with van der Waals surface area (Å²) in [6.07, 6.45) is 8.81. The maximum absolute atomic E-state index is 14.2. The molecule has 8 amide bonds. The number of imide groups is 1. The van der Waals surface area contributed by atoms with Crippen LogP contribution in [-0.4, -0.2) is 257 Å². The van der Waals surface area contributed by atoms with Crippen LogP contribution >= 0.6 is 12.6 Å². The van der Waals surface area contributed by atoms with Crippen LogP contribution in [0, 0.1) is 5.92 Å². The molecular weight excluding hydrogens is 1420 g/mol. The lowest BCUT2D eigenvalue weighted by Gasteiger charge is -2.24. The Balaban J connectivity index is 0.536. The summed E-state index contributed by atoms with van der Waals surface area (Å²) >= 11 is 4.07. The molecule has 108 heavy (non-hydrogen) atoms. The Kier molecular flexibility index (Phi) is 30.9. The minimum atomic E-state index is -0.946. The van der Waals surface area contributed by atoms with E-state index in [1.165, 1.54) is 14.2 Å². The van der Waals surface area contributed by atoms with Crippen LogP contribution < -0.4 is 49.7 Å². The predicted molar refractivity (Wildman–Crippen MR) is 398 cm³/mol.